The number of carbonyl (C=O) groups excluding carboxylic acids is 1. The van der Waals surface area contributed by atoms with Crippen LogP contribution in [0.5, 0.6) is 0 Å². The van der Waals surface area contributed by atoms with Crippen molar-refractivity contribution in [2.24, 2.45) is 5.92 Å². The zero-order valence-corrected chi connectivity index (χ0v) is 12.5. The van der Waals surface area contributed by atoms with E-state index in [4.69, 9.17) is 11.6 Å². The second kappa shape index (κ2) is 5.96. The van der Waals surface area contributed by atoms with Crippen molar-refractivity contribution in [2.75, 3.05) is 5.88 Å². The van der Waals surface area contributed by atoms with Crippen LogP contribution >= 0.6 is 11.6 Å². The quantitative estimate of drug-likeness (QED) is 0.835. The second-order valence-corrected chi connectivity index (χ2v) is 6.15. The average Bonchev–Trinajstić information content (AvgIpc) is 2.39. The third-order valence-corrected chi connectivity index (χ3v) is 4.63. The lowest BCUT2D eigenvalue weighted by Crippen LogP contribution is -2.52. The molecule has 1 amide bonds. The second-order valence-electron chi connectivity index (χ2n) is 5.88. The molecular formula is C16H22ClNO. The molecule has 1 aromatic rings. The van der Waals surface area contributed by atoms with Gasteiger partial charge in [0, 0.05) is 11.4 Å². The lowest BCUT2D eigenvalue weighted by atomic mass is 9.77. The van der Waals surface area contributed by atoms with Crippen LogP contribution in [0.4, 0.5) is 0 Å². The van der Waals surface area contributed by atoms with E-state index in [-0.39, 0.29) is 11.4 Å². The van der Waals surface area contributed by atoms with Crippen LogP contribution in [0, 0.1) is 12.8 Å². The molecule has 1 N–H and O–H groups in total. The third-order valence-electron chi connectivity index (χ3n) is 4.12. The minimum Gasteiger partial charge on any atom is -0.345 e. The molecule has 1 saturated carbocycles. The van der Waals surface area contributed by atoms with E-state index in [1.165, 1.54) is 6.42 Å². The van der Waals surface area contributed by atoms with E-state index >= 15 is 0 Å². The zero-order chi connectivity index (χ0) is 13.9. The fourth-order valence-corrected chi connectivity index (χ4v) is 3.37. The fraction of sp³-hybridized carbons (Fsp3) is 0.562. The molecule has 0 radical (unpaired) electrons. The maximum absolute atomic E-state index is 12.4. The first-order valence-electron chi connectivity index (χ1n) is 7.00. The average molecular weight is 280 g/mol. The molecule has 0 aliphatic heterocycles. The molecule has 0 bridgehead atoms. The summed E-state index contributed by atoms with van der Waals surface area (Å²) in [6, 6.07) is 7.69. The van der Waals surface area contributed by atoms with Crippen molar-refractivity contribution in [1.29, 1.82) is 0 Å². The maximum atomic E-state index is 12.4. The Bertz CT molecular complexity index is 460. The van der Waals surface area contributed by atoms with Gasteiger partial charge in [-0.15, -0.1) is 11.6 Å². The van der Waals surface area contributed by atoms with Gasteiger partial charge in [0.15, 0.2) is 0 Å². The molecule has 0 heterocycles. The highest BCUT2D eigenvalue weighted by Crippen LogP contribution is 2.33. The van der Waals surface area contributed by atoms with Crippen molar-refractivity contribution in [3.05, 3.63) is 35.4 Å². The summed E-state index contributed by atoms with van der Waals surface area (Å²) in [4.78, 5) is 12.4. The molecule has 1 aromatic carbocycles. The van der Waals surface area contributed by atoms with Gasteiger partial charge in [0.2, 0.25) is 0 Å². The van der Waals surface area contributed by atoms with E-state index in [0.29, 0.717) is 11.8 Å². The molecule has 2 unspecified atom stereocenters. The first-order chi connectivity index (χ1) is 9.06. The van der Waals surface area contributed by atoms with E-state index in [0.717, 1.165) is 30.4 Å². The van der Waals surface area contributed by atoms with Crippen LogP contribution in [0.15, 0.2) is 24.3 Å². The van der Waals surface area contributed by atoms with Crippen LogP contribution in [0.2, 0.25) is 0 Å². The van der Waals surface area contributed by atoms with Gasteiger partial charge in [-0.1, -0.05) is 38.0 Å². The van der Waals surface area contributed by atoms with Crippen molar-refractivity contribution in [3.63, 3.8) is 0 Å². The molecule has 3 heteroatoms. The molecule has 0 spiro atoms. The number of hydrogen-bond donors (Lipinski definition) is 1. The number of rotatable bonds is 3. The van der Waals surface area contributed by atoms with Gasteiger partial charge in [-0.2, -0.15) is 0 Å². The Morgan fingerprint density at radius 2 is 2.21 bits per heavy atom. The maximum Gasteiger partial charge on any atom is 0.252 e. The Morgan fingerprint density at radius 1 is 1.47 bits per heavy atom. The molecule has 0 aromatic heterocycles. The molecule has 0 saturated heterocycles. The van der Waals surface area contributed by atoms with E-state index in [2.05, 4.69) is 12.2 Å². The zero-order valence-electron chi connectivity index (χ0n) is 11.7. The summed E-state index contributed by atoms with van der Waals surface area (Å²) in [6.45, 7) is 4.20. The number of halogens is 1. The summed E-state index contributed by atoms with van der Waals surface area (Å²) in [5.74, 6) is 1.13. The number of nitrogens with one attached hydrogen (secondary N) is 1. The Labute approximate surface area is 120 Å². The Morgan fingerprint density at radius 3 is 2.84 bits per heavy atom. The Hall–Kier alpha value is -1.02. The van der Waals surface area contributed by atoms with Gasteiger partial charge in [0.05, 0.1) is 5.54 Å². The molecule has 2 rings (SSSR count). The van der Waals surface area contributed by atoms with Crippen LogP contribution in [0.1, 0.15) is 48.5 Å². The first kappa shape index (κ1) is 14.4. The van der Waals surface area contributed by atoms with E-state index in [9.17, 15) is 4.79 Å². The van der Waals surface area contributed by atoms with E-state index < -0.39 is 0 Å². The number of carbonyl (C=O) groups is 1. The largest absolute Gasteiger partial charge is 0.345 e. The van der Waals surface area contributed by atoms with Gasteiger partial charge in [0.25, 0.3) is 5.91 Å². The van der Waals surface area contributed by atoms with E-state index in [1.54, 1.807) is 0 Å². The monoisotopic (exact) mass is 279 g/mol. The summed E-state index contributed by atoms with van der Waals surface area (Å²) >= 11 is 6.16. The van der Waals surface area contributed by atoms with Crippen LogP contribution in [0.25, 0.3) is 0 Å². The van der Waals surface area contributed by atoms with Crippen molar-refractivity contribution in [1.82, 2.24) is 5.32 Å². The van der Waals surface area contributed by atoms with E-state index in [1.807, 2.05) is 31.2 Å². The van der Waals surface area contributed by atoms with Gasteiger partial charge >= 0.3 is 0 Å². The van der Waals surface area contributed by atoms with Crippen LogP contribution in [-0.2, 0) is 0 Å². The minimum atomic E-state index is -0.224. The summed E-state index contributed by atoms with van der Waals surface area (Å²) in [7, 11) is 0. The van der Waals surface area contributed by atoms with Crippen LogP contribution < -0.4 is 5.32 Å². The molecule has 19 heavy (non-hydrogen) atoms. The van der Waals surface area contributed by atoms with Crippen LogP contribution in [0.3, 0.4) is 0 Å². The van der Waals surface area contributed by atoms with Crippen molar-refractivity contribution >= 4 is 17.5 Å². The number of benzene rings is 1. The molecular weight excluding hydrogens is 258 g/mol. The number of alkyl halides is 1. The van der Waals surface area contributed by atoms with Gasteiger partial charge in [-0.05, 0) is 37.3 Å². The first-order valence-corrected chi connectivity index (χ1v) is 7.54. The standard InChI is InChI=1S/C16H22ClNO/c1-12-6-5-9-16(10-12,11-17)18-15(19)14-8-4-3-7-13(14)2/h3-4,7-8,12H,5-6,9-11H2,1-2H3,(H,18,19). The summed E-state index contributed by atoms with van der Waals surface area (Å²) in [6.07, 6.45) is 4.34. The summed E-state index contributed by atoms with van der Waals surface area (Å²) in [5.41, 5.74) is 1.54. The molecule has 104 valence electrons. The number of amides is 1. The predicted molar refractivity (Wildman–Crippen MR) is 79.7 cm³/mol. The highest BCUT2D eigenvalue weighted by Gasteiger charge is 2.35. The van der Waals surface area contributed by atoms with Gasteiger partial charge in [0.1, 0.15) is 0 Å². The minimum absolute atomic E-state index is 0.00727. The highest BCUT2D eigenvalue weighted by molar-refractivity contribution is 6.19. The predicted octanol–water partition coefficient (Wildman–Crippen LogP) is 3.91. The normalized spacial score (nSPS) is 27.0. The lowest BCUT2D eigenvalue weighted by molar-refractivity contribution is 0.0866. The van der Waals surface area contributed by atoms with Crippen molar-refractivity contribution in [2.45, 2.75) is 45.1 Å². The Balaban J connectivity index is 2.14. The topological polar surface area (TPSA) is 29.1 Å². The smallest absolute Gasteiger partial charge is 0.252 e. The SMILES string of the molecule is Cc1ccccc1C(=O)NC1(CCl)CCCC(C)C1. The lowest BCUT2D eigenvalue weighted by Gasteiger charge is -2.39. The van der Waals surface area contributed by atoms with Crippen molar-refractivity contribution < 1.29 is 4.79 Å². The molecule has 1 aliphatic carbocycles. The number of aryl methyl sites for hydroxylation is 1. The number of hydrogen-bond acceptors (Lipinski definition) is 1. The Kier molecular flexibility index (Phi) is 4.51. The summed E-state index contributed by atoms with van der Waals surface area (Å²) < 4.78 is 0. The van der Waals surface area contributed by atoms with Gasteiger partial charge in [-0.25, -0.2) is 0 Å². The molecule has 1 aliphatic rings. The molecule has 2 nitrogen and oxygen atoms in total. The molecule has 1 fully saturated rings. The third kappa shape index (κ3) is 3.30. The summed E-state index contributed by atoms with van der Waals surface area (Å²) in [5, 5.41) is 3.20. The highest BCUT2D eigenvalue weighted by atomic mass is 35.5. The van der Waals surface area contributed by atoms with Gasteiger partial charge in [-0.3, -0.25) is 4.79 Å². The van der Waals surface area contributed by atoms with Gasteiger partial charge < -0.3 is 5.32 Å². The fourth-order valence-electron chi connectivity index (χ4n) is 3.06. The van der Waals surface area contributed by atoms with Crippen molar-refractivity contribution in [3.8, 4) is 0 Å². The molecule has 2 atom stereocenters. The van der Waals surface area contributed by atoms with Crippen LogP contribution in [-0.4, -0.2) is 17.3 Å².